The molecule has 0 fully saturated rings. The molecule has 0 aliphatic carbocycles. The molecule has 0 N–H and O–H groups in total. The molecule has 0 saturated carbocycles. The molecule has 6 heteroatoms. The van der Waals surface area contributed by atoms with Crippen molar-refractivity contribution < 1.29 is 14.3 Å². The van der Waals surface area contributed by atoms with E-state index in [1.807, 2.05) is 49.5 Å². The number of unbranched alkanes of at least 4 members (excludes halogenated alkanes) is 2. The van der Waals surface area contributed by atoms with Crippen LogP contribution in [0.3, 0.4) is 0 Å². The lowest BCUT2D eigenvalue weighted by atomic mass is 10.1. The molecule has 1 heterocycles. The van der Waals surface area contributed by atoms with E-state index in [2.05, 4.69) is 25.7 Å². The second-order valence-electron chi connectivity index (χ2n) is 8.16. The van der Waals surface area contributed by atoms with Crippen LogP contribution >= 0.6 is 0 Å². The number of ether oxygens (including phenoxy) is 2. The molecule has 2 rings (SSSR count). The van der Waals surface area contributed by atoms with Crippen LogP contribution in [0.1, 0.15) is 52.5 Å². The van der Waals surface area contributed by atoms with Crippen molar-refractivity contribution in [3.8, 4) is 11.5 Å². The van der Waals surface area contributed by atoms with Gasteiger partial charge in [0.25, 0.3) is 0 Å². The summed E-state index contributed by atoms with van der Waals surface area (Å²) in [6.45, 7) is 10.5. The molecule has 0 amide bonds. The lowest BCUT2D eigenvalue weighted by molar-refractivity contribution is 0.393. The highest BCUT2D eigenvalue weighted by molar-refractivity contribution is 5.70. The fraction of sp³-hybridized carbons (Fsp3) is 0.462. The monoisotopic (exact) mass is 439 g/mol. The van der Waals surface area contributed by atoms with E-state index < -0.39 is 0 Å². The van der Waals surface area contributed by atoms with Crippen LogP contribution < -0.4 is 19.9 Å². The van der Waals surface area contributed by atoms with Gasteiger partial charge in [0, 0.05) is 30.9 Å². The SMILES string of the molecule is C/C=C(\N=c1ccc(N(CCCCC)CC(C)C)cn1C=O)c1ccc(OC)cc1OC. The van der Waals surface area contributed by atoms with Crippen LogP contribution in [-0.4, -0.2) is 38.3 Å². The molecule has 1 aromatic heterocycles. The van der Waals surface area contributed by atoms with Gasteiger partial charge in [-0.15, -0.1) is 0 Å². The van der Waals surface area contributed by atoms with Gasteiger partial charge >= 0.3 is 0 Å². The van der Waals surface area contributed by atoms with Gasteiger partial charge in [0.2, 0.25) is 6.41 Å². The molecule has 0 radical (unpaired) electrons. The molecule has 0 bridgehead atoms. The molecule has 174 valence electrons. The second-order valence-corrected chi connectivity index (χ2v) is 8.16. The maximum absolute atomic E-state index is 11.9. The van der Waals surface area contributed by atoms with E-state index in [1.54, 1.807) is 18.8 Å². The summed E-state index contributed by atoms with van der Waals surface area (Å²) >= 11 is 0. The molecular formula is C26H37N3O3. The standard InChI is InChI=1S/C26H37N3O3/c1-7-9-10-15-28(17-20(3)4)21-11-14-26(29(18-21)19-30)27-24(8-2)23-13-12-22(31-5)16-25(23)32-6/h8,11-14,16,18-20H,7,9-10,15,17H2,1-6H3/b24-8-,27-26?. The maximum Gasteiger partial charge on any atom is 0.219 e. The van der Waals surface area contributed by atoms with Gasteiger partial charge in [-0.25, -0.2) is 4.99 Å². The molecule has 0 aliphatic heterocycles. The fourth-order valence-electron chi connectivity index (χ4n) is 3.60. The minimum atomic E-state index is 0.530. The molecule has 32 heavy (non-hydrogen) atoms. The van der Waals surface area contributed by atoms with E-state index >= 15 is 0 Å². The van der Waals surface area contributed by atoms with Gasteiger partial charge in [-0.2, -0.15) is 0 Å². The summed E-state index contributed by atoms with van der Waals surface area (Å²) in [7, 11) is 3.24. The Hall–Kier alpha value is -3.02. The van der Waals surface area contributed by atoms with Crippen LogP contribution in [-0.2, 0) is 4.79 Å². The number of anilines is 1. The minimum absolute atomic E-state index is 0.530. The number of carbonyl (C=O) groups excluding carboxylic acids is 1. The number of pyridine rings is 1. The molecule has 1 aromatic carbocycles. The number of allylic oxidation sites excluding steroid dienone is 1. The third-order valence-electron chi connectivity index (χ3n) is 5.23. The third-order valence-corrected chi connectivity index (χ3v) is 5.23. The van der Waals surface area contributed by atoms with Crippen LogP contribution in [0, 0.1) is 5.92 Å². The Morgan fingerprint density at radius 3 is 2.53 bits per heavy atom. The zero-order valence-electron chi connectivity index (χ0n) is 20.3. The van der Waals surface area contributed by atoms with E-state index in [0.717, 1.165) is 42.9 Å². The molecular weight excluding hydrogens is 402 g/mol. The first-order chi connectivity index (χ1) is 15.5. The summed E-state index contributed by atoms with van der Waals surface area (Å²) in [6.07, 6.45) is 8.10. The van der Waals surface area contributed by atoms with Crippen LogP contribution in [0.15, 0.2) is 47.6 Å². The smallest absolute Gasteiger partial charge is 0.219 e. The first-order valence-corrected chi connectivity index (χ1v) is 11.3. The Bertz CT molecular complexity index is 977. The van der Waals surface area contributed by atoms with Crippen molar-refractivity contribution in [2.75, 3.05) is 32.2 Å². The largest absolute Gasteiger partial charge is 0.497 e. The van der Waals surface area contributed by atoms with E-state index in [4.69, 9.17) is 14.5 Å². The highest BCUT2D eigenvalue weighted by atomic mass is 16.5. The van der Waals surface area contributed by atoms with Crippen molar-refractivity contribution in [2.45, 2.75) is 47.0 Å². The number of hydrogen-bond acceptors (Lipinski definition) is 5. The lowest BCUT2D eigenvalue weighted by Crippen LogP contribution is -2.30. The van der Waals surface area contributed by atoms with Gasteiger partial charge < -0.3 is 14.4 Å². The predicted molar refractivity (Wildman–Crippen MR) is 132 cm³/mol. The van der Waals surface area contributed by atoms with Crippen LogP contribution in [0.5, 0.6) is 11.5 Å². The van der Waals surface area contributed by atoms with Crippen molar-refractivity contribution in [1.82, 2.24) is 4.57 Å². The molecule has 0 unspecified atom stereocenters. The number of rotatable bonds is 12. The molecule has 0 saturated heterocycles. The maximum atomic E-state index is 11.9. The summed E-state index contributed by atoms with van der Waals surface area (Å²) in [6, 6.07) is 9.55. The number of hydrogen-bond donors (Lipinski definition) is 0. The Balaban J connectivity index is 2.45. The fourth-order valence-corrected chi connectivity index (χ4v) is 3.60. The first kappa shape index (κ1) is 25.2. The summed E-state index contributed by atoms with van der Waals surface area (Å²) in [5, 5.41) is 0. The van der Waals surface area contributed by atoms with Gasteiger partial charge in [-0.05, 0) is 43.5 Å². The Morgan fingerprint density at radius 1 is 1.16 bits per heavy atom. The zero-order valence-corrected chi connectivity index (χ0v) is 20.3. The number of nitrogens with zero attached hydrogens (tertiary/aromatic N) is 3. The average molecular weight is 440 g/mol. The van der Waals surface area contributed by atoms with Crippen molar-refractivity contribution in [3.63, 3.8) is 0 Å². The van der Waals surface area contributed by atoms with Crippen LogP contribution in [0.4, 0.5) is 5.69 Å². The van der Waals surface area contributed by atoms with E-state index in [0.29, 0.717) is 22.9 Å². The van der Waals surface area contributed by atoms with Crippen molar-refractivity contribution in [1.29, 1.82) is 0 Å². The third kappa shape index (κ3) is 6.74. The summed E-state index contributed by atoms with van der Waals surface area (Å²) in [5.41, 5.74) is 3.14. The molecule has 2 aromatic rings. The highest BCUT2D eigenvalue weighted by Gasteiger charge is 2.12. The topological polar surface area (TPSA) is 56.1 Å². The van der Waals surface area contributed by atoms with Gasteiger partial charge in [0.1, 0.15) is 17.0 Å². The van der Waals surface area contributed by atoms with Gasteiger partial charge in [0.15, 0.2) is 0 Å². The minimum Gasteiger partial charge on any atom is -0.497 e. The van der Waals surface area contributed by atoms with Crippen LogP contribution in [0.25, 0.3) is 5.70 Å². The summed E-state index contributed by atoms with van der Waals surface area (Å²) < 4.78 is 12.4. The Morgan fingerprint density at radius 2 is 1.94 bits per heavy atom. The number of methoxy groups -OCH3 is 2. The number of carbonyl (C=O) groups is 1. The van der Waals surface area contributed by atoms with E-state index in [-0.39, 0.29) is 0 Å². The van der Waals surface area contributed by atoms with Gasteiger partial charge in [0.05, 0.1) is 25.6 Å². The zero-order chi connectivity index (χ0) is 23.5. The Kier molecular flexibility index (Phi) is 10.1. The molecule has 6 nitrogen and oxygen atoms in total. The molecule has 0 atom stereocenters. The summed E-state index contributed by atoms with van der Waals surface area (Å²) in [5.74, 6) is 1.90. The molecule has 0 aliphatic rings. The van der Waals surface area contributed by atoms with E-state index in [1.165, 1.54) is 12.8 Å². The second kappa shape index (κ2) is 12.7. The molecule has 0 spiro atoms. The van der Waals surface area contributed by atoms with Gasteiger partial charge in [-0.3, -0.25) is 9.36 Å². The predicted octanol–water partition coefficient (Wildman–Crippen LogP) is 5.16. The lowest BCUT2D eigenvalue weighted by Gasteiger charge is -2.27. The van der Waals surface area contributed by atoms with Gasteiger partial charge in [-0.1, -0.05) is 39.7 Å². The normalized spacial score (nSPS) is 12.2. The highest BCUT2D eigenvalue weighted by Crippen LogP contribution is 2.30. The van der Waals surface area contributed by atoms with Crippen LogP contribution in [0.2, 0.25) is 0 Å². The Labute approximate surface area is 192 Å². The number of benzene rings is 1. The van der Waals surface area contributed by atoms with Crippen molar-refractivity contribution in [3.05, 3.63) is 53.7 Å². The average Bonchev–Trinajstić information content (AvgIpc) is 2.81. The van der Waals surface area contributed by atoms with E-state index in [9.17, 15) is 4.79 Å². The van der Waals surface area contributed by atoms with Crippen molar-refractivity contribution >= 4 is 17.8 Å². The summed E-state index contributed by atoms with van der Waals surface area (Å²) in [4.78, 5) is 19.0. The first-order valence-electron chi connectivity index (χ1n) is 11.3. The van der Waals surface area contributed by atoms with Crippen molar-refractivity contribution in [2.24, 2.45) is 10.9 Å². The number of aromatic nitrogens is 1. The quantitative estimate of drug-likeness (QED) is 0.339.